The lowest BCUT2D eigenvalue weighted by Crippen LogP contribution is -2.29. The van der Waals surface area contributed by atoms with Crippen molar-refractivity contribution in [1.29, 1.82) is 0 Å². The number of rotatable bonds is 6. The molecule has 118 valence electrons. The van der Waals surface area contributed by atoms with Crippen molar-refractivity contribution >= 4 is 21.4 Å². The number of hydrogen-bond acceptors (Lipinski definition) is 4. The number of sulfone groups is 1. The maximum absolute atomic E-state index is 12.2. The largest absolute Gasteiger partial charge is 0.326 e. The summed E-state index contributed by atoms with van der Waals surface area (Å²) in [6, 6.07) is 6.97. The number of benzene rings is 1. The minimum atomic E-state index is -3.23. The summed E-state index contributed by atoms with van der Waals surface area (Å²) in [5.74, 6) is -0.128. The molecule has 1 aromatic carbocycles. The van der Waals surface area contributed by atoms with Crippen LogP contribution in [0.4, 0.5) is 5.69 Å². The van der Waals surface area contributed by atoms with Crippen LogP contribution in [0.15, 0.2) is 24.3 Å². The van der Waals surface area contributed by atoms with Crippen molar-refractivity contribution in [2.45, 2.75) is 37.7 Å². The first-order valence-electron chi connectivity index (χ1n) is 6.91. The van der Waals surface area contributed by atoms with Crippen molar-refractivity contribution in [2.75, 3.05) is 18.9 Å². The third-order valence-corrected chi connectivity index (χ3v) is 5.68. The molecule has 6 heteroatoms. The maximum atomic E-state index is 12.2. The van der Waals surface area contributed by atoms with Gasteiger partial charge in [0, 0.05) is 18.7 Å². The van der Waals surface area contributed by atoms with Crippen molar-refractivity contribution in [3.05, 3.63) is 29.8 Å². The zero-order valence-electron chi connectivity index (χ0n) is 13.1. The molecule has 5 nitrogen and oxygen atoms in total. The molecule has 1 rings (SSSR count). The van der Waals surface area contributed by atoms with Gasteiger partial charge in [0.15, 0.2) is 9.84 Å². The van der Waals surface area contributed by atoms with Crippen LogP contribution < -0.4 is 10.6 Å². The first-order valence-corrected chi connectivity index (χ1v) is 8.56. The van der Waals surface area contributed by atoms with E-state index in [9.17, 15) is 13.2 Å². The summed E-state index contributed by atoms with van der Waals surface area (Å²) in [7, 11) is -1.45. The molecule has 0 radical (unpaired) electrons. The van der Waals surface area contributed by atoms with Crippen molar-refractivity contribution < 1.29 is 13.2 Å². The molecular weight excluding hydrogens is 288 g/mol. The summed E-state index contributed by atoms with van der Waals surface area (Å²) >= 11 is 0. The molecule has 0 aliphatic rings. The average molecular weight is 312 g/mol. The molecule has 0 aliphatic carbocycles. The Morgan fingerprint density at radius 2 is 1.90 bits per heavy atom. The molecule has 0 saturated heterocycles. The Bertz CT molecular complexity index is 589. The summed E-state index contributed by atoms with van der Waals surface area (Å²) in [5.41, 5.74) is 1.30. The molecule has 0 aromatic heterocycles. The SMILES string of the molecule is CNCCC(=O)Nc1cccc(CS(=O)(=O)C(C)(C)C)c1. The fraction of sp³-hybridized carbons (Fsp3) is 0.533. The maximum Gasteiger partial charge on any atom is 0.225 e. The fourth-order valence-corrected chi connectivity index (χ4v) is 2.69. The molecule has 0 bridgehead atoms. The van der Waals surface area contributed by atoms with Gasteiger partial charge in [-0.2, -0.15) is 0 Å². The third-order valence-electron chi connectivity index (χ3n) is 3.10. The molecule has 0 atom stereocenters. The average Bonchev–Trinajstić information content (AvgIpc) is 2.34. The second kappa shape index (κ2) is 7.04. The van der Waals surface area contributed by atoms with Crippen molar-refractivity contribution in [3.63, 3.8) is 0 Å². The van der Waals surface area contributed by atoms with E-state index in [0.29, 0.717) is 24.2 Å². The Labute approximate surface area is 127 Å². The molecule has 0 unspecified atom stereocenters. The van der Waals surface area contributed by atoms with Crippen LogP contribution in [0.1, 0.15) is 32.8 Å². The normalized spacial score (nSPS) is 12.2. The van der Waals surface area contributed by atoms with Gasteiger partial charge in [0.25, 0.3) is 0 Å². The van der Waals surface area contributed by atoms with Gasteiger partial charge in [-0.25, -0.2) is 8.42 Å². The lowest BCUT2D eigenvalue weighted by atomic mass is 10.2. The Morgan fingerprint density at radius 3 is 2.48 bits per heavy atom. The van der Waals surface area contributed by atoms with Crippen LogP contribution >= 0.6 is 0 Å². The highest BCUT2D eigenvalue weighted by Crippen LogP contribution is 2.22. The molecule has 2 N–H and O–H groups in total. The van der Waals surface area contributed by atoms with E-state index >= 15 is 0 Å². The van der Waals surface area contributed by atoms with E-state index in [4.69, 9.17) is 0 Å². The number of amides is 1. The predicted octanol–water partition coefficient (Wildman–Crippen LogP) is 1.95. The first kappa shape index (κ1) is 17.7. The van der Waals surface area contributed by atoms with Gasteiger partial charge in [-0.3, -0.25) is 4.79 Å². The van der Waals surface area contributed by atoms with Crippen LogP contribution in [0.3, 0.4) is 0 Å². The number of nitrogens with one attached hydrogen (secondary N) is 2. The topological polar surface area (TPSA) is 75.3 Å². The second-order valence-electron chi connectivity index (χ2n) is 5.97. The number of anilines is 1. The summed E-state index contributed by atoms with van der Waals surface area (Å²) in [5, 5.41) is 5.67. The summed E-state index contributed by atoms with van der Waals surface area (Å²) in [4.78, 5) is 11.7. The lowest BCUT2D eigenvalue weighted by molar-refractivity contribution is -0.116. The number of carbonyl (C=O) groups is 1. The van der Waals surface area contributed by atoms with E-state index in [1.165, 1.54) is 0 Å². The Balaban J connectivity index is 2.80. The molecule has 21 heavy (non-hydrogen) atoms. The summed E-state index contributed by atoms with van der Waals surface area (Å²) in [6.45, 7) is 5.66. The molecule has 0 saturated carbocycles. The minimum absolute atomic E-state index is 0.0310. The second-order valence-corrected chi connectivity index (χ2v) is 8.72. The number of carbonyl (C=O) groups excluding carboxylic acids is 1. The zero-order valence-corrected chi connectivity index (χ0v) is 13.9. The van der Waals surface area contributed by atoms with E-state index in [1.54, 1.807) is 52.1 Å². The zero-order chi connectivity index (χ0) is 16.1. The van der Waals surface area contributed by atoms with E-state index in [1.807, 2.05) is 0 Å². The van der Waals surface area contributed by atoms with E-state index in [-0.39, 0.29) is 11.7 Å². The smallest absolute Gasteiger partial charge is 0.225 e. The van der Waals surface area contributed by atoms with Crippen molar-refractivity contribution in [1.82, 2.24) is 5.32 Å². The van der Waals surface area contributed by atoms with E-state index in [0.717, 1.165) is 0 Å². The van der Waals surface area contributed by atoms with Gasteiger partial charge in [-0.15, -0.1) is 0 Å². The molecule has 0 fully saturated rings. The minimum Gasteiger partial charge on any atom is -0.326 e. The van der Waals surface area contributed by atoms with Gasteiger partial charge in [0.1, 0.15) is 0 Å². The van der Waals surface area contributed by atoms with E-state index in [2.05, 4.69) is 10.6 Å². The van der Waals surface area contributed by atoms with Gasteiger partial charge in [-0.1, -0.05) is 12.1 Å². The summed E-state index contributed by atoms with van der Waals surface area (Å²) in [6.07, 6.45) is 0.376. The van der Waals surface area contributed by atoms with Crippen LogP contribution in [0.2, 0.25) is 0 Å². The Morgan fingerprint density at radius 1 is 1.24 bits per heavy atom. The van der Waals surface area contributed by atoms with Crippen molar-refractivity contribution in [2.24, 2.45) is 0 Å². The highest BCUT2D eigenvalue weighted by Gasteiger charge is 2.28. The highest BCUT2D eigenvalue weighted by molar-refractivity contribution is 7.91. The van der Waals surface area contributed by atoms with Crippen LogP contribution in [0.5, 0.6) is 0 Å². The van der Waals surface area contributed by atoms with Crippen LogP contribution in [0.25, 0.3) is 0 Å². The fourth-order valence-electron chi connectivity index (χ4n) is 1.64. The van der Waals surface area contributed by atoms with Crippen molar-refractivity contribution in [3.8, 4) is 0 Å². The van der Waals surface area contributed by atoms with Gasteiger partial charge in [0.05, 0.1) is 10.5 Å². The Hall–Kier alpha value is -1.40. The molecule has 1 amide bonds. The first-order chi connectivity index (χ1) is 9.65. The molecule has 1 aromatic rings. The Kier molecular flexibility index (Phi) is 5.92. The predicted molar refractivity (Wildman–Crippen MR) is 86.0 cm³/mol. The standard InChI is InChI=1S/C15H24N2O3S/c1-15(2,3)21(19,20)11-12-6-5-7-13(10-12)17-14(18)8-9-16-4/h5-7,10,16H,8-9,11H2,1-4H3,(H,17,18). The molecular formula is C15H24N2O3S. The monoisotopic (exact) mass is 312 g/mol. The van der Waals surface area contributed by atoms with Crippen LogP contribution in [-0.2, 0) is 20.4 Å². The van der Waals surface area contributed by atoms with Gasteiger partial charge in [0.2, 0.25) is 5.91 Å². The van der Waals surface area contributed by atoms with Gasteiger partial charge < -0.3 is 10.6 Å². The quantitative estimate of drug-likeness (QED) is 0.842. The summed E-state index contributed by atoms with van der Waals surface area (Å²) < 4.78 is 23.6. The highest BCUT2D eigenvalue weighted by atomic mass is 32.2. The van der Waals surface area contributed by atoms with Gasteiger partial charge >= 0.3 is 0 Å². The van der Waals surface area contributed by atoms with Gasteiger partial charge in [-0.05, 0) is 45.5 Å². The third kappa shape index (κ3) is 5.47. The van der Waals surface area contributed by atoms with E-state index < -0.39 is 14.6 Å². The van der Waals surface area contributed by atoms with Crippen LogP contribution in [0, 0.1) is 0 Å². The molecule has 0 aliphatic heterocycles. The molecule has 0 heterocycles. The molecule has 0 spiro atoms. The lowest BCUT2D eigenvalue weighted by Gasteiger charge is -2.19. The number of hydrogen-bond donors (Lipinski definition) is 2. The van der Waals surface area contributed by atoms with Crippen LogP contribution in [-0.4, -0.2) is 32.7 Å².